The number of halogens is 14. The van der Waals surface area contributed by atoms with E-state index in [1.165, 1.54) is 63.8 Å². The number of rotatable bonds is 8. The van der Waals surface area contributed by atoms with E-state index in [1.807, 2.05) is 36.4 Å². The van der Waals surface area contributed by atoms with E-state index in [0.717, 1.165) is 84.7 Å². The molecule has 0 aromatic heterocycles. The molecule has 0 heterocycles. The van der Waals surface area contributed by atoms with Crippen molar-refractivity contribution in [1.29, 1.82) is 0 Å². The van der Waals surface area contributed by atoms with Crippen LogP contribution >= 0.6 is 0 Å². The van der Waals surface area contributed by atoms with Crippen LogP contribution in [0.5, 0.6) is 0 Å². The van der Waals surface area contributed by atoms with E-state index >= 15 is 0 Å². The molecule has 2 aliphatic carbocycles. The van der Waals surface area contributed by atoms with Gasteiger partial charge in [0.25, 0.3) is 0 Å². The molecule has 0 radical (unpaired) electrons. The molecule has 16 heteroatoms. The van der Waals surface area contributed by atoms with E-state index in [9.17, 15) is 52.7 Å². The second-order valence-corrected chi connectivity index (χ2v) is 26.9. The third kappa shape index (κ3) is 16.7. The zero-order chi connectivity index (χ0) is 49.4. The Labute approximate surface area is 430 Å². The molecule has 8 rings (SSSR count). The standard InChI is InChI=1S/2C25H23F6.C4H10Si.2ClH.Zr/c2*26-24(27,28)20-13-19(14-21(15-20)25(29,30)31)22-9-5-8-18-11-17(12-23(18)22)10-16-6-3-1-2-4-7-16;1-3-4-5-2;;;/h2*5,8-9,11-16H,1-4,6-7,10H2;3-4H2,1-2H3;2*1H;/q2*-1;;;;+2/p-2. The van der Waals surface area contributed by atoms with Crippen molar-refractivity contribution in [3.8, 4) is 22.3 Å². The molecule has 0 aliphatic heterocycles. The molecule has 0 unspecified atom stereocenters. The van der Waals surface area contributed by atoms with Crippen molar-refractivity contribution in [3.05, 3.63) is 130 Å². The molecular formula is C54H56Cl2F12SiZr-2. The maximum Gasteiger partial charge on any atom is 0.416 e. The van der Waals surface area contributed by atoms with E-state index in [-0.39, 0.29) is 53.5 Å². The van der Waals surface area contributed by atoms with Gasteiger partial charge in [-0.3, -0.25) is 0 Å². The Bertz CT molecular complexity index is 2370. The van der Waals surface area contributed by atoms with Crippen LogP contribution in [0.2, 0.25) is 12.6 Å². The van der Waals surface area contributed by atoms with Crippen molar-refractivity contribution >= 4 is 27.0 Å². The summed E-state index contributed by atoms with van der Waals surface area (Å²) in [7, 11) is 0. The second-order valence-electron chi connectivity index (χ2n) is 18.6. The van der Waals surface area contributed by atoms with Crippen molar-refractivity contribution in [2.75, 3.05) is 0 Å². The van der Waals surface area contributed by atoms with Crippen LogP contribution < -0.4 is 24.8 Å². The van der Waals surface area contributed by atoms with Gasteiger partial charge in [0, 0.05) is 0 Å². The first-order valence-electron chi connectivity index (χ1n) is 23.5. The number of hydrogen-bond donors (Lipinski definition) is 0. The number of benzene rings is 4. The molecular weight excluding hydrogens is 1070 g/mol. The number of hydrogen-bond acceptors (Lipinski definition) is 0. The summed E-state index contributed by atoms with van der Waals surface area (Å²) in [5.74, 6) is 1.15. The van der Waals surface area contributed by atoms with Crippen molar-refractivity contribution in [3.63, 3.8) is 0 Å². The Morgan fingerprint density at radius 2 is 0.800 bits per heavy atom. The van der Waals surface area contributed by atoms with Crippen LogP contribution in [0.25, 0.3) is 43.8 Å². The second kappa shape index (κ2) is 25.7. The summed E-state index contributed by atoms with van der Waals surface area (Å²) < 4.78 is 160. The summed E-state index contributed by atoms with van der Waals surface area (Å²) in [5.41, 5.74) is -2.13. The summed E-state index contributed by atoms with van der Waals surface area (Å²) in [6, 6.07) is 23.2. The average molecular weight is 1120 g/mol. The van der Waals surface area contributed by atoms with Gasteiger partial charge in [0.05, 0.1) is 22.3 Å². The molecule has 380 valence electrons. The molecule has 0 saturated heterocycles. The summed E-state index contributed by atoms with van der Waals surface area (Å²) in [4.78, 5) is 0. The van der Waals surface area contributed by atoms with Crippen molar-refractivity contribution < 1.29 is 101 Å². The van der Waals surface area contributed by atoms with Crippen molar-refractivity contribution in [1.82, 2.24) is 0 Å². The van der Waals surface area contributed by atoms with E-state index in [0.29, 0.717) is 33.7 Å². The minimum atomic E-state index is -4.86. The van der Waals surface area contributed by atoms with E-state index in [1.54, 1.807) is 47.6 Å². The molecule has 70 heavy (non-hydrogen) atoms. The topological polar surface area (TPSA) is 0 Å². The minimum Gasteiger partial charge on any atom is -1.00 e. The summed E-state index contributed by atoms with van der Waals surface area (Å²) >= 11 is 1.79. The Morgan fingerprint density at radius 3 is 1.06 bits per heavy atom. The van der Waals surface area contributed by atoms with Gasteiger partial charge in [-0.2, -0.15) is 64.8 Å². The maximum atomic E-state index is 13.3. The van der Waals surface area contributed by atoms with Crippen LogP contribution in [-0.2, 0) is 60.9 Å². The number of fused-ring (bicyclic) bond motifs is 2. The molecule has 2 fully saturated rings. The van der Waals surface area contributed by atoms with E-state index in [2.05, 4.69) is 13.5 Å². The minimum absolute atomic E-state index is 0. The fraction of sp³-hybridized carbons (Fsp3) is 0.444. The molecule has 6 aromatic rings. The van der Waals surface area contributed by atoms with Gasteiger partial charge >= 0.3 is 79.4 Å². The van der Waals surface area contributed by atoms with E-state index in [4.69, 9.17) is 0 Å². The first-order chi connectivity index (χ1) is 32.0. The van der Waals surface area contributed by atoms with Gasteiger partial charge in [-0.25, -0.2) is 0 Å². The van der Waals surface area contributed by atoms with Crippen molar-refractivity contribution in [2.24, 2.45) is 11.8 Å². The first kappa shape index (κ1) is 59.5. The first-order valence-corrected chi connectivity index (χ1v) is 29.4. The molecule has 2 aliphatic rings. The molecule has 0 amide bonds. The zero-order valence-corrected chi connectivity index (χ0v) is 44.0. The normalized spacial score (nSPS) is 15.4. The van der Waals surface area contributed by atoms with Gasteiger partial charge < -0.3 is 24.8 Å². The summed E-state index contributed by atoms with van der Waals surface area (Å²) in [6.45, 7) is 4.66. The van der Waals surface area contributed by atoms with Gasteiger partial charge in [0.2, 0.25) is 0 Å². The summed E-state index contributed by atoms with van der Waals surface area (Å²) in [5, 5.41) is 3.07. The van der Waals surface area contributed by atoms with Gasteiger partial charge in [0.1, 0.15) is 0 Å². The maximum absolute atomic E-state index is 13.3. The third-order valence-corrected chi connectivity index (χ3v) is 16.1. The van der Waals surface area contributed by atoms with Crippen LogP contribution in [0.4, 0.5) is 52.7 Å². The fourth-order valence-electron chi connectivity index (χ4n) is 9.73. The molecule has 2 saturated carbocycles. The Hall–Kier alpha value is -3.06. The Kier molecular flexibility index (Phi) is 21.9. The smallest absolute Gasteiger partial charge is 0.416 e. The largest absolute Gasteiger partial charge is 1.00 e. The third-order valence-electron chi connectivity index (χ3n) is 13.0. The van der Waals surface area contributed by atoms with Gasteiger partial charge in [-0.05, 0) is 72.2 Å². The molecule has 0 spiro atoms. The Balaban J connectivity index is 0.000000266. The summed E-state index contributed by atoms with van der Waals surface area (Å²) in [6.07, 6.45) is -1.76. The molecule has 0 bridgehead atoms. The predicted octanol–water partition coefficient (Wildman–Crippen LogP) is 13.1. The molecule has 0 nitrogen and oxygen atoms in total. The van der Waals surface area contributed by atoms with Crippen LogP contribution in [0.3, 0.4) is 0 Å². The molecule has 0 N–H and O–H groups in total. The zero-order valence-electron chi connectivity index (χ0n) is 39.0. The predicted molar refractivity (Wildman–Crippen MR) is 246 cm³/mol. The van der Waals surface area contributed by atoms with Gasteiger partial charge in [-0.1, -0.05) is 100 Å². The van der Waals surface area contributed by atoms with Crippen LogP contribution in [0, 0.1) is 11.8 Å². The van der Waals surface area contributed by atoms with Gasteiger partial charge in [-0.15, -0.1) is 69.1 Å². The van der Waals surface area contributed by atoms with Crippen LogP contribution in [-0.4, -0.2) is 5.43 Å². The van der Waals surface area contributed by atoms with E-state index < -0.39 is 47.0 Å². The SMILES string of the molecule is CCC[Si](C)=[Zr+2].FC(F)(F)c1cc(-c2cccc3[cH-]c(CC4CCCCCC4)cc23)cc(C(F)(F)F)c1.FC(F)(F)c1cc(-c2cccc3[cH-]c(CC4CCCCCC4)cc23)cc(C(F)(F)F)c1.[Cl-].[Cl-]. The number of alkyl halides is 12. The van der Waals surface area contributed by atoms with Gasteiger partial charge in [0.15, 0.2) is 0 Å². The molecule has 0 atom stereocenters. The molecule has 6 aromatic carbocycles. The Morgan fingerprint density at radius 1 is 0.486 bits per heavy atom. The quantitative estimate of drug-likeness (QED) is 0.0617. The van der Waals surface area contributed by atoms with Crippen LogP contribution in [0.1, 0.15) is 124 Å². The monoisotopic (exact) mass is 1120 g/mol. The van der Waals surface area contributed by atoms with Crippen LogP contribution in [0.15, 0.2) is 97.1 Å². The van der Waals surface area contributed by atoms with Crippen molar-refractivity contribution in [2.45, 2.75) is 141 Å². The average Bonchev–Trinajstić information content (AvgIpc) is 3.65. The fourth-order valence-corrected chi connectivity index (χ4v) is 12.3.